The smallest absolute Gasteiger partial charge is 0.224 e. The minimum Gasteiger partial charge on any atom is -0.346 e. The Bertz CT molecular complexity index is 1000. The molecule has 0 unspecified atom stereocenters. The van der Waals surface area contributed by atoms with Crippen molar-refractivity contribution in [1.82, 2.24) is 14.5 Å². The van der Waals surface area contributed by atoms with Gasteiger partial charge < -0.3 is 9.47 Å². The quantitative estimate of drug-likeness (QED) is 0.464. The Kier molecular flexibility index (Phi) is 6.86. The summed E-state index contributed by atoms with van der Waals surface area (Å²) in [4.78, 5) is 18.9. The van der Waals surface area contributed by atoms with Gasteiger partial charge in [-0.05, 0) is 30.2 Å². The van der Waals surface area contributed by atoms with Crippen LogP contribution in [0.3, 0.4) is 0 Å². The number of nitrogens with zero attached hydrogens (tertiary/aromatic N) is 3. The van der Waals surface area contributed by atoms with Gasteiger partial charge in [-0.2, -0.15) is 0 Å². The van der Waals surface area contributed by atoms with Gasteiger partial charge in [0.15, 0.2) is 0 Å². The Morgan fingerprint density at radius 3 is 2.54 bits per heavy atom. The van der Waals surface area contributed by atoms with Gasteiger partial charge in [0.1, 0.15) is 5.82 Å². The summed E-state index contributed by atoms with van der Waals surface area (Å²) in [5.74, 6) is 0.930. The number of hydrogen-bond acceptors (Lipinski definition) is 2. The fourth-order valence-corrected chi connectivity index (χ4v) is 3.74. The lowest BCUT2D eigenvalue weighted by atomic mass is 10.1. The third-order valence-corrected chi connectivity index (χ3v) is 5.80. The second-order valence-corrected chi connectivity index (χ2v) is 7.99. The minimum absolute atomic E-state index is 0.104. The average molecular weight is 439 g/mol. The van der Waals surface area contributed by atoms with Crippen LogP contribution in [0.5, 0.6) is 0 Å². The zero-order chi connectivity index (χ0) is 20.3. The van der Waals surface area contributed by atoms with E-state index in [1.54, 1.807) is 11.0 Å². The molecule has 148 valence electrons. The number of fused-ring (bicyclic) bond motifs is 1. The topological polar surface area (TPSA) is 38.1 Å². The van der Waals surface area contributed by atoms with Crippen molar-refractivity contribution in [3.8, 4) is 0 Å². The lowest BCUT2D eigenvalue weighted by molar-refractivity contribution is -0.130. The van der Waals surface area contributed by atoms with Crippen LogP contribution >= 0.6 is 34.8 Å². The molecule has 3 aromatic rings. The van der Waals surface area contributed by atoms with Crippen LogP contribution in [0.15, 0.2) is 36.4 Å². The SMILES string of the molecule is CCCN(C)C(=O)CCn1c(Cc2ccccc2Cl)nc2cc(Cl)c(Cl)cc21. The van der Waals surface area contributed by atoms with E-state index >= 15 is 0 Å². The molecule has 0 aliphatic heterocycles. The third-order valence-electron chi connectivity index (χ3n) is 4.71. The van der Waals surface area contributed by atoms with E-state index in [1.165, 1.54) is 0 Å². The Morgan fingerprint density at radius 2 is 1.82 bits per heavy atom. The fraction of sp³-hybridized carbons (Fsp3) is 0.333. The molecule has 28 heavy (non-hydrogen) atoms. The number of halogens is 3. The Labute approximate surface area is 180 Å². The molecule has 3 rings (SSSR count). The summed E-state index contributed by atoms with van der Waals surface area (Å²) in [5, 5.41) is 1.62. The lowest BCUT2D eigenvalue weighted by Crippen LogP contribution is -2.28. The molecular weight excluding hydrogens is 417 g/mol. The molecule has 7 heteroatoms. The second kappa shape index (κ2) is 9.17. The van der Waals surface area contributed by atoms with E-state index in [0.717, 1.165) is 35.4 Å². The number of rotatable bonds is 7. The highest BCUT2D eigenvalue weighted by atomic mass is 35.5. The van der Waals surface area contributed by atoms with Crippen LogP contribution in [0.2, 0.25) is 15.1 Å². The molecular formula is C21H22Cl3N3O. The van der Waals surface area contributed by atoms with E-state index in [9.17, 15) is 4.79 Å². The summed E-state index contributed by atoms with van der Waals surface area (Å²) >= 11 is 18.8. The van der Waals surface area contributed by atoms with Crippen LogP contribution in [0.1, 0.15) is 31.2 Å². The van der Waals surface area contributed by atoms with Crippen molar-refractivity contribution in [2.45, 2.75) is 32.7 Å². The molecule has 1 aromatic heterocycles. The first-order valence-electron chi connectivity index (χ1n) is 9.22. The van der Waals surface area contributed by atoms with Crippen LogP contribution in [-0.4, -0.2) is 34.0 Å². The van der Waals surface area contributed by atoms with Gasteiger partial charge in [-0.25, -0.2) is 4.98 Å². The Morgan fingerprint density at radius 1 is 1.11 bits per heavy atom. The first kappa shape index (κ1) is 21.0. The summed E-state index contributed by atoms with van der Waals surface area (Å²) in [5.41, 5.74) is 2.60. The van der Waals surface area contributed by atoms with Gasteiger partial charge >= 0.3 is 0 Å². The number of imidazole rings is 1. The molecule has 0 saturated heterocycles. The number of amides is 1. The number of benzene rings is 2. The maximum atomic E-state index is 12.4. The predicted molar refractivity (Wildman–Crippen MR) is 117 cm³/mol. The van der Waals surface area contributed by atoms with Gasteiger partial charge in [-0.3, -0.25) is 4.79 Å². The summed E-state index contributed by atoms with van der Waals surface area (Å²) < 4.78 is 2.04. The molecule has 0 fully saturated rings. The molecule has 1 amide bonds. The normalized spacial score (nSPS) is 11.2. The average Bonchev–Trinajstić information content (AvgIpc) is 2.98. The molecule has 0 aliphatic carbocycles. The molecule has 0 aliphatic rings. The van der Waals surface area contributed by atoms with Crippen LogP contribution in [0.25, 0.3) is 11.0 Å². The lowest BCUT2D eigenvalue weighted by Gasteiger charge is -2.17. The molecule has 2 aromatic carbocycles. The van der Waals surface area contributed by atoms with Gasteiger partial charge in [0.05, 0.1) is 21.1 Å². The zero-order valence-electron chi connectivity index (χ0n) is 15.9. The van der Waals surface area contributed by atoms with Crippen molar-refractivity contribution < 1.29 is 4.79 Å². The number of aryl methyl sites for hydroxylation is 1. The van der Waals surface area contributed by atoms with Crippen molar-refractivity contribution in [2.24, 2.45) is 0 Å². The maximum absolute atomic E-state index is 12.4. The number of aromatic nitrogens is 2. The van der Waals surface area contributed by atoms with Crippen molar-refractivity contribution >= 4 is 51.7 Å². The van der Waals surface area contributed by atoms with Gasteiger partial charge in [0.2, 0.25) is 5.91 Å². The van der Waals surface area contributed by atoms with Gasteiger partial charge in [0, 0.05) is 38.0 Å². The Hall–Kier alpha value is -1.75. The minimum atomic E-state index is 0.104. The van der Waals surface area contributed by atoms with Crippen molar-refractivity contribution in [1.29, 1.82) is 0 Å². The second-order valence-electron chi connectivity index (χ2n) is 6.77. The third kappa shape index (κ3) is 4.62. The number of carbonyl (C=O) groups excluding carboxylic acids is 1. The van der Waals surface area contributed by atoms with E-state index in [0.29, 0.717) is 34.5 Å². The van der Waals surface area contributed by atoms with E-state index in [2.05, 4.69) is 6.92 Å². The highest BCUT2D eigenvalue weighted by molar-refractivity contribution is 6.42. The Balaban J connectivity index is 1.96. The summed E-state index contributed by atoms with van der Waals surface area (Å²) in [6.07, 6.45) is 1.88. The van der Waals surface area contributed by atoms with Crippen LogP contribution in [-0.2, 0) is 17.8 Å². The molecule has 0 atom stereocenters. The molecule has 4 nitrogen and oxygen atoms in total. The van der Waals surface area contributed by atoms with E-state index < -0.39 is 0 Å². The monoisotopic (exact) mass is 437 g/mol. The first-order valence-corrected chi connectivity index (χ1v) is 10.4. The maximum Gasteiger partial charge on any atom is 0.224 e. The van der Waals surface area contributed by atoms with Crippen molar-refractivity contribution in [2.75, 3.05) is 13.6 Å². The number of hydrogen-bond donors (Lipinski definition) is 0. The number of carbonyl (C=O) groups is 1. The van der Waals surface area contributed by atoms with E-state index in [4.69, 9.17) is 39.8 Å². The largest absolute Gasteiger partial charge is 0.346 e. The molecule has 0 radical (unpaired) electrons. The summed E-state index contributed by atoms with van der Waals surface area (Å²) in [7, 11) is 1.83. The molecule has 0 bridgehead atoms. The van der Waals surface area contributed by atoms with Crippen LogP contribution < -0.4 is 0 Å². The van der Waals surface area contributed by atoms with Crippen LogP contribution in [0, 0.1) is 0 Å². The molecule has 0 N–H and O–H groups in total. The summed E-state index contributed by atoms with van der Waals surface area (Å²) in [6.45, 7) is 3.32. The van der Waals surface area contributed by atoms with E-state index in [1.807, 2.05) is 41.9 Å². The zero-order valence-corrected chi connectivity index (χ0v) is 18.2. The van der Waals surface area contributed by atoms with Crippen molar-refractivity contribution in [3.05, 3.63) is 62.9 Å². The first-order chi connectivity index (χ1) is 13.4. The van der Waals surface area contributed by atoms with Crippen molar-refractivity contribution in [3.63, 3.8) is 0 Å². The van der Waals surface area contributed by atoms with Gasteiger partial charge in [-0.15, -0.1) is 0 Å². The van der Waals surface area contributed by atoms with E-state index in [-0.39, 0.29) is 5.91 Å². The van der Waals surface area contributed by atoms with Gasteiger partial charge in [-0.1, -0.05) is 59.9 Å². The fourth-order valence-electron chi connectivity index (χ4n) is 3.23. The molecule has 0 spiro atoms. The highest BCUT2D eigenvalue weighted by Crippen LogP contribution is 2.30. The van der Waals surface area contributed by atoms with Crippen LogP contribution in [0.4, 0.5) is 0 Å². The molecule has 0 saturated carbocycles. The van der Waals surface area contributed by atoms with Gasteiger partial charge in [0.25, 0.3) is 0 Å². The summed E-state index contributed by atoms with van der Waals surface area (Å²) in [6, 6.07) is 11.3. The predicted octanol–water partition coefficient (Wildman–Crippen LogP) is 5.85. The standard InChI is InChI=1S/C21H22Cl3N3O/c1-3-9-26(2)21(28)8-10-27-19-13-17(24)16(23)12-18(19)25-20(27)11-14-6-4-5-7-15(14)22/h4-7,12-13H,3,8-11H2,1-2H3. The highest BCUT2D eigenvalue weighted by Gasteiger charge is 2.16. The molecule has 1 heterocycles.